The van der Waals surface area contributed by atoms with Crippen LogP contribution >= 0.6 is 0 Å². The van der Waals surface area contributed by atoms with Gasteiger partial charge in [0.25, 0.3) is 5.82 Å². The number of para-hydroxylation sites is 2. The fraction of sp³-hybridized carbons (Fsp3) is 0.0513. The standard InChI is InChI=1S/C39H29N2/c1-26-20-21-30-25-36(26)39-40(2)37-18-5-6-19-38(37)41(39)33-15-9-14-32(24-33)35-17-4-3-16-34(35)31-13-8-12-29(23-31)27-10-7-11-28(30)22-27/h3-25H,1-2H3/q+1. The maximum atomic E-state index is 2.43. The highest BCUT2D eigenvalue weighted by Crippen LogP contribution is 2.38. The van der Waals surface area contributed by atoms with Crippen LogP contribution in [0.5, 0.6) is 0 Å². The van der Waals surface area contributed by atoms with Gasteiger partial charge < -0.3 is 0 Å². The lowest BCUT2D eigenvalue weighted by Gasteiger charge is -2.14. The third-order valence-corrected chi connectivity index (χ3v) is 8.54. The minimum atomic E-state index is 1.15. The number of benzene rings is 6. The molecule has 1 aliphatic heterocycles. The maximum absolute atomic E-state index is 2.43. The summed E-state index contributed by atoms with van der Waals surface area (Å²) in [7, 11) is 2.19. The monoisotopic (exact) mass is 525 g/mol. The molecule has 2 nitrogen and oxygen atoms in total. The van der Waals surface area contributed by atoms with Gasteiger partial charge in [-0.3, -0.25) is 0 Å². The number of aryl methyl sites for hydroxylation is 2. The van der Waals surface area contributed by atoms with E-state index >= 15 is 0 Å². The minimum Gasteiger partial charge on any atom is -0.225 e. The van der Waals surface area contributed by atoms with Gasteiger partial charge in [-0.2, -0.15) is 4.57 Å². The van der Waals surface area contributed by atoms with E-state index in [0.29, 0.717) is 0 Å². The molecule has 7 aromatic rings. The van der Waals surface area contributed by atoms with E-state index in [9.17, 15) is 0 Å². The highest BCUT2D eigenvalue weighted by molar-refractivity contribution is 5.88. The van der Waals surface area contributed by atoms with E-state index in [-0.39, 0.29) is 0 Å². The number of aromatic nitrogens is 2. The number of fused-ring (bicyclic) bond motifs is 18. The molecule has 0 aliphatic carbocycles. The summed E-state index contributed by atoms with van der Waals surface area (Å²) in [6.07, 6.45) is 0. The second-order valence-corrected chi connectivity index (χ2v) is 11.0. The van der Waals surface area contributed by atoms with Gasteiger partial charge in [0.05, 0.1) is 12.6 Å². The van der Waals surface area contributed by atoms with Crippen molar-refractivity contribution in [1.29, 1.82) is 0 Å². The lowest BCUT2D eigenvalue weighted by Crippen LogP contribution is -2.30. The predicted octanol–water partition coefficient (Wildman–Crippen LogP) is 9.41. The van der Waals surface area contributed by atoms with Crippen LogP contribution in [0.25, 0.3) is 72.6 Å². The van der Waals surface area contributed by atoms with Crippen LogP contribution in [0, 0.1) is 6.92 Å². The van der Waals surface area contributed by atoms with Crippen molar-refractivity contribution >= 4 is 11.0 Å². The van der Waals surface area contributed by atoms with Gasteiger partial charge in [0.1, 0.15) is 5.69 Å². The van der Waals surface area contributed by atoms with Gasteiger partial charge in [0.15, 0.2) is 11.0 Å². The molecular weight excluding hydrogens is 496 g/mol. The third kappa shape index (κ3) is 3.76. The van der Waals surface area contributed by atoms with Crippen LogP contribution in [-0.2, 0) is 7.05 Å². The minimum absolute atomic E-state index is 1.15. The van der Waals surface area contributed by atoms with Gasteiger partial charge in [-0.25, -0.2) is 4.57 Å². The molecular formula is C39H29N2+. The maximum Gasteiger partial charge on any atom is 0.295 e. The summed E-state index contributed by atoms with van der Waals surface area (Å²) in [4.78, 5) is 0. The molecule has 2 heterocycles. The van der Waals surface area contributed by atoms with Crippen LogP contribution in [0.4, 0.5) is 0 Å². The SMILES string of the molecule is Cc1ccc2cc1-c1n(c3ccccc3[n+]1C)-c1cccc(c1)-c1ccccc1-c1cccc(c1)-c1cccc-2c1. The molecule has 0 radical (unpaired) electrons. The summed E-state index contributed by atoms with van der Waals surface area (Å²) in [6.45, 7) is 2.22. The fourth-order valence-corrected chi connectivity index (χ4v) is 6.46. The number of hydrogen-bond donors (Lipinski definition) is 0. The van der Waals surface area contributed by atoms with Crippen LogP contribution in [-0.4, -0.2) is 4.57 Å². The van der Waals surface area contributed by atoms with Crippen LogP contribution in [0.2, 0.25) is 0 Å². The van der Waals surface area contributed by atoms with Crippen molar-refractivity contribution in [2.45, 2.75) is 6.92 Å². The topological polar surface area (TPSA) is 8.81 Å². The smallest absolute Gasteiger partial charge is 0.225 e. The highest BCUT2D eigenvalue weighted by atomic mass is 15.2. The van der Waals surface area contributed by atoms with Gasteiger partial charge >= 0.3 is 0 Å². The van der Waals surface area contributed by atoms with Gasteiger partial charge in [0.2, 0.25) is 0 Å². The zero-order valence-electron chi connectivity index (χ0n) is 23.2. The molecule has 8 rings (SSSR count). The second kappa shape index (κ2) is 9.18. The van der Waals surface area contributed by atoms with E-state index < -0.39 is 0 Å². The van der Waals surface area contributed by atoms with E-state index in [0.717, 1.165) is 5.69 Å². The molecule has 194 valence electrons. The Balaban J connectivity index is 1.53. The molecule has 0 atom stereocenters. The lowest BCUT2D eigenvalue weighted by molar-refractivity contribution is -0.633. The van der Waals surface area contributed by atoms with Crippen molar-refractivity contribution < 1.29 is 4.57 Å². The number of hydrogen-bond acceptors (Lipinski definition) is 0. The van der Waals surface area contributed by atoms with Crippen LogP contribution in [0.1, 0.15) is 5.56 Å². The van der Waals surface area contributed by atoms with Crippen molar-refractivity contribution in [2.24, 2.45) is 7.05 Å². The quantitative estimate of drug-likeness (QED) is 0.174. The first kappa shape index (κ1) is 23.7. The van der Waals surface area contributed by atoms with Crippen molar-refractivity contribution in [3.05, 3.63) is 145 Å². The molecule has 0 saturated heterocycles. The number of nitrogens with zero attached hydrogens (tertiary/aromatic N) is 2. The Morgan fingerprint density at radius 2 is 1.02 bits per heavy atom. The zero-order chi connectivity index (χ0) is 27.5. The fourth-order valence-electron chi connectivity index (χ4n) is 6.46. The molecule has 2 heteroatoms. The molecule has 8 bridgehead atoms. The Morgan fingerprint density at radius 3 is 1.76 bits per heavy atom. The summed E-state index contributed by atoms with van der Waals surface area (Å²) in [5.74, 6) is 1.17. The van der Waals surface area contributed by atoms with Gasteiger partial charge in [-0.05, 0) is 99.5 Å². The first-order chi connectivity index (χ1) is 20.2. The lowest BCUT2D eigenvalue weighted by atomic mass is 9.91. The Morgan fingerprint density at radius 1 is 0.463 bits per heavy atom. The second-order valence-electron chi connectivity index (χ2n) is 11.0. The number of rotatable bonds is 0. The molecule has 0 unspecified atom stereocenters. The Kier molecular flexibility index (Phi) is 5.30. The molecule has 41 heavy (non-hydrogen) atoms. The first-order valence-electron chi connectivity index (χ1n) is 14.2. The van der Waals surface area contributed by atoms with Crippen LogP contribution in [0.3, 0.4) is 0 Å². The summed E-state index contributed by atoms with van der Waals surface area (Å²) in [5.41, 5.74) is 15.8. The van der Waals surface area contributed by atoms with Gasteiger partial charge in [0, 0.05) is 0 Å². The van der Waals surface area contributed by atoms with Crippen molar-refractivity contribution in [2.75, 3.05) is 0 Å². The third-order valence-electron chi connectivity index (χ3n) is 8.54. The van der Waals surface area contributed by atoms with Crippen LogP contribution in [0.15, 0.2) is 140 Å². The molecule has 6 aromatic carbocycles. The average Bonchev–Trinajstić information content (AvgIpc) is 3.33. The number of imidazole rings is 1. The normalized spacial score (nSPS) is 11.7. The molecule has 0 amide bonds. The Bertz CT molecular complexity index is 2130. The van der Waals surface area contributed by atoms with Crippen LogP contribution < -0.4 is 4.57 Å². The molecule has 1 aromatic heterocycles. The van der Waals surface area contributed by atoms with Gasteiger partial charge in [-0.1, -0.05) is 97.1 Å². The Hall–Kier alpha value is -5.21. The highest BCUT2D eigenvalue weighted by Gasteiger charge is 2.27. The van der Waals surface area contributed by atoms with E-state index in [4.69, 9.17) is 0 Å². The molecule has 1 aliphatic rings. The first-order valence-corrected chi connectivity index (χ1v) is 14.2. The van der Waals surface area contributed by atoms with Crippen molar-refractivity contribution in [3.8, 4) is 61.6 Å². The summed E-state index contributed by atoms with van der Waals surface area (Å²) in [6, 6.07) is 51.2. The van der Waals surface area contributed by atoms with E-state index in [1.165, 1.54) is 72.5 Å². The van der Waals surface area contributed by atoms with Gasteiger partial charge in [-0.15, -0.1) is 0 Å². The zero-order valence-corrected chi connectivity index (χ0v) is 23.2. The molecule has 0 saturated carbocycles. The summed E-state index contributed by atoms with van der Waals surface area (Å²) >= 11 is 0. The van der Waals surface area contributed by atoms with E-state index in [1.54, 1.807) is 0 Å². The largest absolute Gasteiger partial charge is 0.295 e. The molecule has 0 N–H and O–H groups in total. The van der Waals surface area contributed by atoms with E-state index in [2.05, 4.69) is 163 Å². The molecule has 0 spiro atoms. The predicted molar refractivity (Wildman–Crippen MR) is 170 cm³/mol. The Labute approximate surface area is 240 Å². The molecule has 0 fully saturated rings. The average molecular weight is 526 g/mol. The van der Waals surface area contributed by atoms with Crippen molar-refractivity contribution in [3.63, 3.8) is 0 Å². The van der Waals surface area contributed by atoms with E-state index in [1.807, 2.05) is 0 Å². The van der Waals surface area contributed by atoms with Crippen molar-refractivity contribution in [1.82, 2.24) is 4.57 Å². The summed E-state index contributed by atoms with van der Waals surface area (Å²) < 4.78 is 4.77. The summed E-state index contributed by atoms with van der Waals surface area (Å²) in [5, 5.41) is 0.